The van der Waals surface area contributed by atoms with E-state index in [0.717, 1.165) is 12.8 Å². The molecule has 0 unspecified atom stereocenters. The van der Waals surface area contributed by atoms with E-state index in [-0.39, 0.29) is 21.4 Å². The molecule has 0 bridgehead atoms. The Morgan fingerprint density at radius 3 is 2.88 bits per heavy atom. The molecule has 0 amide bonds. The molecule has 0 aromatic carbocycles. The maximum absolute atomic E-state index is 10.8. The lowest BCUT2D eigenvalue weighted by Gasteiger charge is -2.13. The quantitative estimate of drug-likeness (QED) is 0.504. The van der Waals surface area contributed by atoms with Crippen molar-refractivity contribution in [3.05, 3.63) is 21.6 Å². The molecule has 8 heteroatoms. The maximum Gasteiger partial charge on any atom is 0.348 e. The Kier molecular flexibility index (Phi) is 3.39. The summed E-state index contributed by atoms with van der Waals surface area (Å²) in [5.41, 5.74) is -0.258. The summed E-state index contributed by atoms with van der Waals surface area (Å²) in [5.74, 6) is 0.190. The molecule has 1 heterocycles. The highest BCUT2D eigenvalue weighted by Crippen LogP contribution is 2.47. The molecular weight excluding hydrogens is 264 g/mol. The summed E-state index contributed by atoms with van der Waals surface area (Å²) in [6.45, 7) is 0.655. The van der Waals surface area contributed by atoms with Crippen LogP contribution in [0.4, 0.5) is 11.5 Å². The van der Waals surface area contributed by atoms with Gasteiger partial charge in [0.1, 0.15) is 6.33 Å². The number of anilines is 1. The monoisotopic (exact) mass is 274 g/mol. The summed E-state index contributed by atoms with van der Waals surface area (Å²) in [6, 6.07) is 0. The lowest BCUT2D eigenvalue weighted by Crippen LogP contribution is -2.19. The van der Waals surface area contributed by atoms with E-state index in [1.165, 1.54) is 6.33 Å². The van der Waals surface area contributed by atoms with Crippen LogP contribution in [-0.2, 0) is 0 Å². The first kappa shape index (κ1) is 12.4. The molecular formula is C9H11ClN4O2S. The van der Waals surface area contributed by atoms with Crippen molar-refractivity contribution in [2.45, 2.75) is 17.6 Å². The van der Waals surface area contributed by atoms with Crippen LogP contribution in [0, 0.1) is 10.1 Å². The van der Waals surface area contributed by atoms with Gasteiger partial charge in [-0.2, -0.15) is 11.8 Å². The molecule has 1 aromatic rings. The van der Waals surface area contributed by atoms with Crippen LogP contribution in [-0.4, -0.2) is 32.4 Å². The van der Waals surface area contributed by atoms with Gasteiger partial charge in [-0.1, -0.05) is 11.6 Å². The summed E-state index contributed by atoms with van der Waals surface area (Å²) < 4.78 is 0.200. The molecule has 1 aliphatic carbocycles. The molecule has 1 saturated carbocycles. The fourth-order valence-electron chi connectivity index (χ4n) is 1.49. The van der Waals surface area contributed by atoms with Gasteiger partial charge in [-0.25, -0.2) is 9.97 Å². The van der Waals surface area contributed by atoms with E-state index in [4.69, 9.17) is 11.6 Å². The van der Waals surface area contributed by atoms with E-state index in [1.807, 2.05) is 6.26 Å². The summed E-state index contributed by atoms with van der Waals surface area (Å²) in [4.78, 5) is 17.8. The number of rotatable bonds is 5. The van der Waals surface area contributed by atoms with Crippen molar-refractivity contribution in [1.29, 1.82) is 0 Å². The van der Waals surface area contributed by atoms with Crippen LogP contribution in [0.3, 0.4) is 0 Å². The van der Waals surface area contributed by atoms with Gasteiger partial charge in [0.2, 0.25) is 11.0 Å². The van der Waals surface area contributed by atoms with Crippen molar-refractivity contribution in [2.24, 2.45) is 0 Å². The van der Waals surface area contributed by atoms with Gasteiger partial charge in [0.25, 0.3) is 0 Å². The van der Waals surface area contributed by atoms with Gasteiger partial charge in [-0.05, 0) is 19.1 Å². The number of halogens is 1. The summed E-state index contributed by atoms with van der Waals surface area (Å²) >= 11 is 7.45. The largest absolute Gasteiger partial charge is 0.363 e. The lowest BCUT2D eigenvalue weighted by molar-refractivity contribution is -0.384. The van der Waals surface area contributed by atoms with Crippen LogP contribution < -0.4 is 5.32 Å². The minimum absolute atomic E-state index is 0.138. The molecule has 17 heavy (non-hydrogen) atoms. The van der Waals surface area contributed by atoms with Gasteiger partial charge < -0.3 is 5.32 Å². The fraction of sp³-hybridized carbons (Fsp3) is 0.556. The van der Waals surface area contributed by atoms with Gasteiger partial charge in [0.15, 0.2) is 0 Å². The van der Waals surface area contributed by atoms with Crippen molar-refractivity contribution in [3.8, 4) is 0 Å². The summed E-state index contributed by atoms with van der Waals surface area (Å²) in [5, 5.41) is 13.7. The Bertz CT molecular complexity index is 453. The minimum Gasteiger partial charge on any atom is -0.363 e. The molecule has 0 radical (unpaired) electrons. The third-order valence-electron chi connectivity index (χ3n) is 2.78. The highest BCUT2D eigenvalue weighted by Gasteiger charge is 2.42. The Hall–Kier alpha value is -1.08. The number of nitro groups is 1. The van der Waals surface area contributed by atoms with Gasteiger partial charge in [-0.3, -0.25) is 10.1 Å². The van der Waals surface area contributed by atoms with Crippen LogP contribution >= 0.6 is 23.4 Å². The van der Waals surface area contributed by atoms with E-state index in [9.17, 15) is 10.1 Å². The van der Waals surface area contributed by atoms with Crippen LogP contribution in [0.25, 0.3) is 0 Å². The second-order valence-corrected chi connectivity index (χ2v) is 5.49. The predicted octanol–water partition coefficient (Wildman–Crippen LogP) is 2.35. The van der Waals surface area contributed by atoms with Crippen LogP contribution in [0.2, 0.25) is 5.15 Å². The summed E-state index contributed by atoms with van der Waals surface area (Å²) in [7, 11) is 0. The molecule has 6 nitrogen and oxygen atoms in total. The van der Waals surface area contributed by atoms with Crippen molar-refractivity contribution in [1.82, 2.24) is 9.97 Å². The third-order valence-corrected chi connectivity index (χ3v) is 4.47. The molecule has 1 aromatic heterocycles. The van der Waals surface area contributed by atoms with Gasteiger partial charge in [-0.15, -0.1) is 0 Å². The Labute approximate surface area is 107 Å². The summed E-state index contributed by atoms with van der Waals surface area (Å²) in [6.07, 6.45) is 5.49. The third kappa shape index (κ3) is 2.61. The van der Waals surface area contributed by atoms with Crippen molar-refractivity contribution in [2.75, 3.05) is 18.1 Å². The molecule has 0 aliphatic heterocycles. The van der Waals surface area contributed by atoms with E-state index in [1.54, 1.807) is 11.8 Å². The molecule has 0 saturated heterocycles. The molecule has 1 N–H and O–H groups in total. The van der Waals surface area contributed by atoms with Crippen LogP contribution in [0.1, 0.15) is 12.8 Å². The zero-order valence-electron chi connectivity index (χ0n) is 9.14. The number of aromatic nitrogens is 2. The highest BCUT2D eigenvalue weighted by molar-refractivity contribution is 8.00. The van der Waals surface area contributed by atoms with Crippen molar-refractivity contribution < 1.29 is 4.92 Å². The molecule has 0 spiro atoms. The average molecular weight is 275 g/mol. The maximum atomic E-state index is 10.8. The van der Waals surface area contributed by atoms with E-state index >= 15 is 0 Å². The van der Waals surface area contributed by atoms with E-state index in [2.05, 4.69) is 15.3 Å². The number of hydrogen-bond acceptors (Lipinski definition) is 6. The number of nitrogens with zero attached hydrogens (tertiary/aromatic N) is 3. The van der Waals surface area contributed by atoms with Gasteiger partial charge >= 0.3 is 5.69 Å². The Balaban J connectivity index is 2.15. The Morgan fingerprint density at radius 1 is 1.65 bits per heavy atom. The Morgan fingerprint density at radius 2 is 2.35 bits per heavy atom. The topological polar surface area (TPSA) is 81.0 Å². The predicted molar refractivity (Wildman–Crippen MR) is 67.7 cm³/mol. The SMILES string of the molecule is CSC1(CNc2ncnc(Cl)c2[N+](=O)[O-])CC1. The first-order valence-corrected chi connectivity index (χ1v) is 6.62. The number of nitrogens with one attached hydrogen (secondary N) is 1. The fourth-order valence-corrected chi connectivity index (χ4v) is 2.41. The van der Waals surface area contributed by atoms with Gasteiger partial charge in [0.05, 0.1) is 4.92 Å². The second kappa shape index (κ2) is 4.66. The van der Waals surface area contributed by atoms with E-state index < -0.39 is 4.92 Å². The molecule has 1 fully saturated rings. The van der Waals surface area contributed by atoms with Crippen molar-refractivity contribution in [3.63, 3.8) is 0 Å². The first-order chi connectivity index (χ1) is 8.08. The lowest BCUT2D eigenvalue weighted by atomic mass is 10.4. The van der Waals surface area contributed by atoms with Gasteiger partial charge in [0, 0.05) is 11.3 Å². The zero-order chi connectivity index (χ0) is 12.5. The number of thioether (sulfide) groups is 1. The normalized spacial score (nSPS) is 16.6. The average Bonchev–Trinajstić information content (AvgIpc) is 3.06. The minimum atomic E-state index is -0.566. The molecule has 2 rings (SSSR count). The first-order valence-electron chi connectivity index (χ1n) is 5.02. The molecule has 92 valence electrons. The second-order valence-electron chi connectivity index (χ2n) is 3.86. The number of hydrogen-bond donors (Lipinski definition) is 1. The van der Waals surface area contributed by atoms with Crippen LogP contribution in [0.15, 0.2) is 6.33 Å². The smallest absolute Gasteiger partial charge is 0.348 e. The standard InChI is InChI=1S/C9H11ClN4O2S/c1-17-9(2-3-9)4-11-8-6(14(15)16)7(10)12-5-13-8/h5H,2-4H2,1H3,(H,11,12,13). The van der Waals surface area contributed by atoms with Crippen molar-refractivity contribution >= 4 is 34.9 Å². The van der Waals surface area contributed by atoms with Crippen LogP contribution in [0.5, 0.6) is 0 Å². The van der Waals surface area contributed by atoms with E-state index in [0.29, 0.717) is 6.54 Å². The zero-order valence-corrected chi connectivity index (χ0v) is 10.7. The highest BCUT2D eigenvalue weighted by atomic mass is 35.5. The molecule has 1 aliphatic rings. The molecule has 0 atom stereocenters.